The Labute approximate surface area is 122 Å². The number of hydrogen-bond acceptors (Lipinski definition) is 1. The number of aromatic nitrogens is 1. The molecule has 0 saturated carbocycles. The largest absolute Gasteiger partial charge is 0.338 e. The number of carbonyl (C=O) groups excluding carboxylic acids is 1. The van der Waals surface area contributed by atoms with Crippen LogP contribution in [-0.4, -0.2) is 10.5 Å². The van der Waals surface area contributed by atoms with Gasteiger partial charge in [-0.2, -0.15) is 0 Å². The van der Waals surface area contributed by atoms with Crippen molar-refractivity contribution in [1.82, 2.24) is 4.57 Å². The van der Waals surface area contributed by atoms with Crippen LogP contribution in [0.15, 0.2) is 54.7 Å². The van der Waals surface area contributed by atoms with Gasteiger partial charge in [0.15, 0.2) is 0 Å². The molecule has 1 amide bonds. The van der Waals surface area contributed by atoms with E-state index in [0.717, 1.165) is 16.8 Å². The Morgan fingerprint density at radius 3 is 2.76 bits per heavy atom. The summed E-state index contributed by atoms with van der Waals surface area (Å²) in [4.78, 5) is 12.1. The van der Waals surface area contributed by atoms with Crippen LogP contribution in [-0.2, 0) is 11.3 Å². The predicted octanol–water partition coefficient (Wildman–Crippen LogP) is 3.73. The first kappa shape index (κ1) is 13.4. The molecule has 0 unspecified atom stereocenters. The van der Waals surface area contributed by atoms with Crippen LogP contribution < -0.4 is 5.32 Å². The topological polar surface area (TPSA) is 34.0 Å². The standard InChI is InChI=1S/C17H15FN2O/c1-12-5-2-3-7-15(12)19-17(21)11-20-10-9-13-14(18)6-4-8-16(13)20/h2-10H,11H2,1H3,(H,19,21). The fourth-order valence-electron chi connectivity index (χ4n) is 2.38. The van der Waals surface area contributed by atoms with Gasteiger partial charge in [0.2, 0.25) is 5.91 Å². The van der Waals surface area contributed by atoms with Gasteiger partial charge in [-0.25, -0.2) is 4.39 Å². The molecule has 0 radical (unpaired) electrons. The average molecular weight is 282 g/mol. The number of nitrogens with zero attached hydrogens (tertiary/aromatic N) is 1. The molecule has 1 N–H and O–H groups in total. The summed E-state index contributed by atoms with van der Waals surface area (Å²) in [5.74, 6) is -0.406. The summed E-state index contributed by atoms with van der Waals surface area (Å²) >= 11 is 0. The summed E-state index contributed by atoms with van der Waals surface area (Å²) in [6.45, 7) is 2.09. The molecule has 0 bridgehead atoms. The molecule has 0 aliphatic heterocycles. The zero-order chi connectivity index (χ0) is 14.8. The van der Waals surface area contributed by atoms with Gasteiger partial charge in [-0.3, -0.25) is 4.79 Å². The van der Waals surface area contributed by atoms with Crippen LogP contribution in [0.4, 0.5) is 10.1 Å². The van der Waals surface area contributed by atoms with Crippen LogP contribution in [0.2, 0.25) is 0 Å². The maximum atomic E-state index is 13.6. The van der Waals surface area contributed by atoms with E-state index in [4.69, 9.17) is 0 Å². The molecule has 0 aliphatic rings. The normalized spacial score (nSPS) is 10.8. The lowest BCUT2D eigenvalue weighted by atomic mass is 10.2. The van der Waals surface area contributed by atoms with E-state index in [2.05, 4.69) is 5.32 Å². The summed E-state index contributed by atoms with van der Waals surface area (Å²) in [5.41, 5.74) is 2.52. The first-order valence-electron chi connectivity index (χ1n) is 6.74. The molecule has 21 heavy (non-hydrogen) atoms. The van der Waals surface area contributed by atoms with Crippen molar-refractivity contribution in [3.8, 4) is 0 Å². The molecular formula is C17H15FN2O. The highest BCUT2D eigenvalue weighted by atomic mass is 19.1. The van der Waals surface area contributed by atoms with E-state index >= 15 is 0 Å². The summed E-state index contributed by atoms with van der Waals surface area (Å²) in [7, 11) is 0. The SMILES string of the molecule is Cc1ccccc1NC(=O)Cn1ccc2c(F)cccc21. The molecule has 3 aromatic rings. The number of amides is 1. The van der Waals surface area contributed by atoms with Gasteiger partial charge in [-0.05, 0) is 36.8 Å². The minimum absolute atomic E-state index is 0.133. The highest BCUT2D eigenvalue weighted by molar-refractivity contribution is 5.92. The van der Waals surface area contributed by atoms with E-state index in [1.165, 1.54) is 6.07 Å². The summed E-state index contributed by atoms with van der Waals surface area (Å²) in [6.07, 6.45) is 1.73. The molecule has 3 nitrogen and oxygen atoms in total. The Morgan fingerprint density at radius 2 is 1.95 bits per heavy atom. The number of anilines is 1. The molecule has 4 heteroatoms. The third-order valence-electron chi connectivity index (χ3n) is 3.49. The Morgan fingerprint density at radius 1 is 1.14 bits per heavy atom. The van der Waals surface area contributed by atoms with Crippen molar-refractivity contribution in [3.63, 3.8) is 0 Å². The highest BCUT2D eigenvalue weighted by Gasteiger charge is 2.09. The van der Waals surface area contributed by atoms with Crippen LogP contribution in [0.25, 0.3) is 10.9 Å². The fraction of sp³-hybridized carbons (Fsp3) is 0.118. The summed E-state index contributed by atoms with van der Waals surface area (Å²) < 4.78 is 15.4. The number of benzene rings is 2. The quantitative estimate of drug-likeness (QED) is 0.780. The van der Waals surface area contributed by atoms with Crippen LogP contribution in [0.5, 0.6) is 0 Å². The molecule has 0 atom stereocenters. The van der Waals surface area contributed by atoms with Crippen molar-refractivity contribution in [3.05, 3.63) is 66.1 Å². The number of nitrogens with one attached hydrogen (secondary N) is 1. The van der Waals surface area contributed by atoms with Crippen molar-refractivity contribution in [2.24, 2.45) is 0 Å². The zero-order valence-corrected chi connectivity index (χ0v) is 11.6. The van der Waals surface area contributed by atoms with Crippen molar-refractivity contribution in [2.75, 3.05) is 5.32 Å². The van der Waals surface area contributed by atoms with E-state index < -0.39 is 0 Å². The zero-order valence-electron chi connectivity index (χ0n) is 11.6. The number of fused-ring (bicyclic) bond motifs is 1. The summed E-state index contributed by atoms with van der Waals surface area (Å²) in [6, 6.07) is 14.2. The van der Waals surface area contributed by atoms with E-state index in [1.807, 2.05) is 31.2 Å². The van der Waals surface area contributed by atoms with Crippen molar-refractivity contribution >= 4 is 22.5 Å². The summed E-state index contributed by atoms with van der Waals surface area (Å²) in [5, 5.41) is 3.40. The molecule has 3 rings (SSSR count). The fourth-order valence-corrected chi connectivity index (χ4v) is 2.38. The van der Waals surface area contributed by atoms with Crippen LogP contribution in [0.1, 0.15) is 5.56 Å². The molecule has 0 spiro atoms. The minimum Gasteiger partial charge on any atom is -0.338 e. The second-order valence-electron chi connectivity index (χ2n) is 4.98. The number of aryl methyl sites for hydroxylation is 1. The lowest BCUT2D eigenvalue weighted by Crippen LogP contribution is -2.18. The molecule has 106 valence electrons. The van der Waals surface area contributed by atoms with Crippen molar-refractivity contribution in [2.45, 2.75) is 13.5 Å². The van der Waals surface area contributed by atoms with E-state index in [9.17, 15) is 9.18 Å². The van der Waals surface area contributed by atoms with Crippen molar-refractivity contribution < 1.29 is 9.18 Å². The second kappa shape index (κ2) is 5.40. The number of hydrogen-bond donors (Lipinski definition) is 1. The maximum absolute atomic E-state index is 13.6. The van der Waals surface area contributed by atoms with Gasteiger partial charge >= 0.3 is 0 Å². The van der Waals surface area contributed by atoms with Gasteiger partial charge in [-0.1, -0.05) is 24.3 Å². The molecule has 0 saturated heterocycles. The molecule has 0 fully saturated rings. The maximum Gasteiger partial charge on any atom is 0.244 e. The van der Waals surface area contributed by atoms with Gasteiger partial charge < -0.3 is 9.88 Å². The number of halogens is 1. The molecular weight excluding hydrogens is 267 g/mol. The van der Waals surface area contributed by atoms with E-state index in [1.54, 1.807) is 29.0 Å². The third-order valence-corrected chi connectivity index (χ3v) is 3.49. The average Bonchev–Trinajstić information content (AvgIpc) is 2.86. The first-order chi connectivity index (χ1) is 10.1. The number of para-hydroxylation sites is 1. The van der Waals surface area contributed by atoms with E-state index in [-0.39, 0.29) is 18.3 Å². The van der Waals surface area contributed by atoms with Crippen LogP contribution >= 0.6 is 0 Å². The van der Waals surface area contributed by atoms with Crippen LogP contribution in [0.3, 0.4) is 0 Å². The Balaban J connectivity index is 1.81. The van der Waals surface area contributed by atoms with Gasteiger partial charge in [0, 0.05) is 17.3 Å². The van der Waals surface area contributed by atoms with Crippen LogP contribution in [0, 0.1) is 12.7 Å². The van der Waals surface area contributed by atoms with Gasteiger partial charge in [0.05, 0.1) is 5.52 Å². The monoisotopic (exact) mass is 282 g/mol. The Bertz CT molecular complexity index is 807. The van der Waals surface area contributed by atoms with E-state index in [0.29, 0.717) is 5.39 Å². The molecule has 2 aromatic carbocycles. The number of carbonyl (C=O) groups is 1. The van der Waals surface area contributed by atoms with Gasteiger partial charge in [0.25, 0.3) is 0 Å². The second-order valence-corrected chi connectivity index (χ2v) is 4.98. The first-order valence-corrected chi connectivity index (χ1v) is 6.74. The van der Waals surface area contributed by atoms with Gasteiger partial charge in [0.1, 0.15) is 12.4 Å². The number of rotatable bonds is 3. The van der Waals surface area contributed by atoms with Crippen molar-refractivity contribution in [1.29, 1.82) is 0 Å². The lowest BCUT2D eigenvalue weighted by molar-refractivity contribution is -0.116. The Hall–Kier alpha value is -2.62. The predicted molar refractivity (Wildman–Crippen MR) is 81.7 cm³/mol. The van der Waals surface area contributed by atoms with Gasteiger partial charge in [-0.15, -0.1) is 0 Å². The molecule has 0 aliphatic carbocycles. The lowest BCUT2D eigenvalue weighted by Gasteiger charge is -2.09. The molecule has 1 aromatic heterocycles. The molecule has 1 heterocycles. The highest BCUT2D eigenvalue weighted by Crippen LogP contribution is 2.19. The minimum atomic E-state index is -0.273. The Kier molecular flexibility index (Phi) is 3.44. The smallest absolute Gasteiger partial charge is 0.244 e. The third kappa shape index (κ3) is 2.65.